The number of carbonyl (C=O) groups is 1. The topological polar surface area (TPSA) is 35.6 Å². The quantitative estimate of drug-likeness (QED) is 0.904. The van der Waals surface area contributed by atoms with Gasteiger partial charge in [-0.25, -0.2) is 0 Å². The van der Waals surface area contributed by atoms with Crippen LogP contribution in [0.4, 0.5) is 11.4 Å². The summed E-state index contributed by atoms with van der Waals surface area (Å²) in [5.41, 5.74) is 3.14. The van der Waals surface area contributed by atoms with Crippen molar-refractivity contribution in [3.8, 4) is 0 Å². The third kappa shape index (κ3) is 4.53. The van der Waals surface area contributed by atoms with Crippen LogP contribution in [-0.4, -0.2) is 43.0 Å². The Morgan fingerprint density at radius 2 is 1.80 bits per heavy atom. The molecule has 0 saturated carbocycles. The second-order valence-electron chi connectivity index (χ2n) is 6.54. The monoisotopic (exact) mass is 357 g/mol. The van der Waals surface area contributed by atoms with E-state index in [1.165, 1.54) is 0 Å². The fraction of sp³-hybridized carbons (Fsp3) is 0.350. The average Bonchev–Trinajstić information content (AvgIpc) is 2.61. The summed E-state index contributed by atoms with van der Waals surface area (Å²) < 4.78 is 0. The average molecular weight is 358 g/mol. The van der Waals surface area contributed by atoms with Crippen LogP contribution in [0.25, 0.3) is 0 Å². The fourth-order valence-corrected chi connectivity index (χ4v) is 3.36. The summed E-state index contributed by atoms with van der Waals surface area (Å²) in [6, 6.07) is 15.7. The molecule has 1 saturated heterocycles. The first kappa shape index (κ1) is 17.8. The van der Waals surface area contributed by atoms with Gasteiger partial charge in [0.2, 0.25) is 5.91 Å². The molecule has 1 unspecified atom stereocenters. The summed E-state index contributed by atoms with van der Waals surface area (Å²) in [6.07, 6.45) is 0. The van der Waals surface area contributed by atoms with E-state index in [0.29, 0.717) is 0 Å². The lowest BCUT2D eigenvalue weighted by molar-refractivity contribution is -0.120. The second-order valence-corrected chi connectivity index (χ2v) is 6.97. The van der Waals surface area contributed by atoms with Crippen molar-refractivity contribution in [3.63, 3.8) is 0 Å². The first-order chi connectivity index (χ1) is 12.0. The molecular formula is C20H24ClN3O. The van der Waals surface area contributed by atoms with Crippen LogP contribution in [0.2, 0.25) is 5.02 Å². The first-order valence-corrected chi connectivity index (χ1v) is 9.03. The summed E-state index contributed by atoms with van der Waals surface area (Å²) in [5.74, 6) is 0.0433. The lowest BCUT2D eigenvalue weighted by atomic mass is 10.1. The molecule has 0 aromatic heterocycles. The van der Waals surface area contributed by atoms with E-state index in [1.807, 2.05) is 56.3 Å². The van der Waals surface area contributed by atoms with Crippen molar-refractivity contribution < 1.29 is 4.79 Å². The molecule has 0 aliphatic carbocycles. The summed E-state index contributed by atoms with van der Waals surface area (Å²) in [6.45, 7) is 7.49. The van der Waals surface area contributed by atoms with Crippen molar-refractivity contribution in [3.05, 3.63) is 59.1 Å². The molecule has 25 heavy (non-hydrogen) atoms. The highest BCUT2D eigenvalue weighted by Gasteiger charge is 2.25. The number of aryl methyl sites for hydroxylation is 1. The molecule has 0 bridgehead atoms. The van der Waals surface area contributed by atoms with E-state index in [1.54, 1.807) is 0 Å². The summed E-state index contributed by atoms with van der Waals surface area (Å²) in [4.78, 5) is 17.1. The van der Waals surface area contributed by atoms with Crippen molar-refractivity contribution in [2.75, 3.05) is 36.4 Å². The Balaban J connectivity index is 1.56. The van der Waals surface area contributed by atoms with Gasteiger partial charge in [-0.2, -0.15) is 0 Å². The zero-order chi connectivity index (χ0) is 17.8. The molecule has 1 amide bonds. The number of hydrogen-bond acceptors (Lipinski definition) is 3. The van der Waals surface area contributed by atoms with E-state index in [9.17, 15) is 4.79 Å². The third-order valence-electron chi connectivity index (χ3n) is 4.70. The van der Waals surface area contributed by atoms with Crippen molar-refractivity contribution in [1.82, 2.24) is 4.90 Å². The highest BCUT2D eigenvalue weighted by atomic mass is 35.5. The normalized spacial score (nSPS) is 16.5. The Morgan fingerprint density at radius 1 is 1.08 bits per heavy atom. The van der Waals surface area contributed by atoms with E-state index in [4.69, 9.17) is 11.6 Å². The largest absolute Gasteiger partial charge is 0.369 e. The number of nitrogens with zero attached hydrogens (tertiary/aromatic N) is 2. The predicted molar refractivity (Wildman–Crippen MR) is 105 cm³/mol. The number of nitrogens with one attached hydrogen (secondary N) is 1. The Morgan fingerprint density at radius 3 is 2.48 bits per heavy atom. The molecular weight excluding hydrogens is 334 g/mol. The molecule has 0 spiro atoms. The van der Waals surface area contributed by atoms with Gasteiger partial charge in [0.1, 0.15) is 0 Å². The van der Waals surface area contributed by atoms with E-state index < -0.39 is 0 Å². The maximum atomic E-state index is 12.5. The predicted octanol–water partition coefficient (Wildman–Crippen LogP) is 3.80. The molecule has 1 aliphatic heterocycles. The molecule has 1 atom stereocenters. The van der Waals surface area contributed by atoms with Crippen molar-refractivity contribution in [2.24, 2.45) is 0 Å². The Bertz CT molecular complexity index is 741. The van der Waals surface area contributed by atoms with Crippen LogP contribution >= 0.6 is 11.6 Å². The molecule has 0 radical (unpaired) electrons. The Labute approximate surface area is 154 Å². The number of piperazine rings is 1. The zero-order valence-electron chi connectivity index (χ0n) is 14.7. The number of amides is 1. The highest BCUT2D eigenvalue weighted by molar-refractivity contribution is 6.30. The van der Waals surface area contributed by atoms with Crippen molar-refractivity contribution in [2.45, 2.75) is 19.9 Å². The fourth-order valence-electron chi connectivity index (χ4n) is 3.18. The standard InChI is InChI=1S/C20H24ClN3O/c1-15-5-3-7-18(13-15)22-20(25)16(2)23-9-11-24(12-10-23)19-8-4-6-17(21)14-19/h3-8,13-14,16H,9-12H2,1-2H3,(H,22,25). The van der Waals surface area contributed by atoms with Crippen molar-refractivity contribution >= 4 is 28.9 Å². The molecule has 2 aromatic rings. The minimum absolute atomic E-state index is 0.0433. The van der Waals surface area contributed by atoms with Crippen LogP contribution in [-0.2, 0) is 4.79 Å². The first-order valence-electron chi connectivity index (χ1n) is 8.65. The molecule has 1 N–H and O–H groups in total. The molecule has 5 heteroatoms. The number of hydrogen-bond donors (Lipinski definition) is 1. The maximum absolute atomic E-state index is 12.5. The summed E-state index contributed by atoms with van der Waals surface area (Å²) in [5, 5.41) is 3.77. The molecule has 3 rings (SSSR count). The van der Waals surface area contributed by atoms with Gasteiger partial charge in [-0.05, 0) is 49.7 Å². The van der Waals surface area contributed by atoms with Gasteiger partial charge in [0.05, 0.1) is 6.04 Å². The molecule has 132 valence electrons. The van der Waals surface area contributed by atoms with Gasteiger partial charge in [-0.15, -0.1) is 0 Å². The third-order valence-corrected chi connectivity index (χ3v) is 4.94. The molecule has 1 aliphatic rings. The van der Waals surface area contributed by atoms with Crippen LogP contribution in [0.15, 0.2) is 48.5 Å². The lowest BCUT2D eigenvalue weighted by Crippen LogP contribution is -2.52. The summed E-state index contributed by atoms with van der Waals surface area (Å²) >= 11 is 6.08. The minimum Gasteiger partial charge on any atom is -0.369 e. The SMILES string of the molecule is Cc1cccc(NC(=O)C(C)N2CCN(c3cccc(Cl)c3)CC2)c1. The van der Waals surface area contributed by atoms with E-state index in [0.717, 1.165) is 48.1 Å². The van der Waals surface area contributed by atoms with Crippen LogP contribution in [0.5, 0.6) is 0 Å². The minimum atomic E-state index is -0.151. The van der Waals surface area contributed by atoms with Crippen LogP contribution in [0.1, 0.15) is 12.5 Å². The molecule has 1 fully saturated rings. The van der Waals surface area contributed by atoms with E-state index >= 15 is 0 Å². The van der Waals surface area contributed by atoms with Crippen LogP contribution < -0.4 is 10.2 Å². The number of rotatable bonds is 4. The van der Waals surface area contributed by atoms with E-state index in [2.05, 4.69) is 21.2 Å². The lowest BCUT2D eigenvalue weighted by Gasteiger charge is -2.38. The highest BCUT2D eigenvalue weighted by Crippen LogP contribution is 2.21. The Kier molecular flexibility index (Phi) is 5.61. The van der Waals surface area contributed by atoms with Gasteiger partial charge in [-0.1, -0.05) is 29.8 Å². The van der Waals surface area contributed by atoms with Crippen LogP contribution in [0.3, 0.4) is 0 Å². The Hall–Kier alpha value is -2.04. The molecule has 1 heterocycles. The number of halogens is 1. The molecule has 4 nitrogen and oxygen atoms in total. The zero-order valence-corrected chi connectivity index (χ0v) is 15.5. The van der Waals surface area contributed by atoms with Crippen LogP contribution in [0, 0.1) is 6.92 Å². The van der Waals surface area contributed by atoms with Gasteiger partial charge in [0.15, 0.2) is 0 Å². The van der Waals surface area contributed by atoms with Gasteiger partial charge >= 0.3 is 0 Å². The number of anilines is 2. The van der Waals surface area contributed by atoms with Gasteiger partial charge in [-0.3, -0.25) is 9.69 Å². The number of benzene rings is 2. The molecule has 2 aromatic carbocycles. The van der Waals surface area contributed by atoms with Gasteiger partial charge in [0, 0.05) is 42.6 Å². The van der Waals surface area contributed by atoms with E-state index in [-0.39, 0.29) is 11.9 Å². The van der Waals surface area contributed by atoms with Gasteiger partial charge in [0.25, 0.3) is 0 Å². The maximum Gasteiger partial charge on any atom is 0.241 e. The smallest absolute Gasteiger partial charge is 0.241 e. The summed E-state index contributed by atoms with van der Waals surface area (Å²) in [7, 11) is 0. The number of carbonyl (C=O) groups excluding carboxylic acids is 1. The second kappa shape index (κ2) is 7.89. The van der Waals surface area contributed by atoms with Crippen molar-refractivity contribution in [1.29, 1.82) is 0 Å². The van der Waals surface area contributed by atoms with Gasteiger partial charge < -0.3 is 10.2 Å².